The van der Waals surface area contributed by atoms with Gasteiger partial charge in [0.1, 0.15) is 0 Å². The van der Waals surface area contributed by atoms with E-state index in [0.29, 0.717) is 6.20 Å². The number of alkyl halides is 6. The molecule has 0 amide bonds. The number of nitrogens with zero attached hydrogens (tertiary/aromatic N) is 2. The lowest BCUT2D eigenvalue weighted by molar-refractivity contribution is -0.143. The highest BCUT2D eigenvalue weighted by atomic mass is 19.4. The molecule has 0 radical (unpaired) electrons. The molecule has 1 aromatic carbocycles. The summed E-state index contributed by atoms with van der Waals surface area (Å²) < 4.78 is 77.1. The predicted molar refractivity (Wildman–Crippen MR) is 68.5 cm³/mol. The van der Waals surface area contributed by atoms with E-state index in [0.717, 1.165) is 0 Å². The van der Waals surface area contributed by atoms with Crippen molar-refractivity contribution in [2.24, 2.45) is 0 Å². The Labute approximate surface area is 133 Å². The van der Waals surface area contributed by atoms with E-state index in [9.17, 15) is 41.0 Å². The standard InChI is InChI=1S/C13H6F6N2O4/c14-12(15,16)5-1-6(13(17,18)19)3-7(2-5)21-4-8(22)10(23)9(20-21)11(24)25/h1-4,22H,(H,24,25). The van der Waals surface area contributed by atoms with Crippen LogP contribution in [0.1, 0.15) is 21.6 Å². The van der Waals surface area contributed by atoms with Gasteiger partial charge >= 0.3 is 18.3 Å². The first kappa shape index (κ1) is 18.3. The van der Waals surface area contributed by atoms with Crippen molar-refractivity contribution in [2.45, 2.75) is 12.4 Å². The summed E-state index contributed by atoms with van der Waals surface area (Å²) in [5, 5.41) is 21.3. The zero-order valence-electron chi connectivity index (χ0n) is 11.7. The van der Waals surface area contributed by atoms with Crippen LogP contribution in [0.3, 0.4) is 0 Å². The molecular weight excluding hydrogens is 362 g/mol. The molecule has 0 spiro atoms. The lowest BCUT2D eigenvalue weighted by atomic mass is 10.1. The van der Waals surface area contributed by atoms with Crippen molar-refractivity contribution < 1.29 is 41.4 Å². The van der Waals surface area contributed by atoms with Gasteiger partial charge in [0.25, 0.3) is 5.43 Å². The van der Waals surface area contributed by atoms with E-state index in [1.165, 1.54) is 0 Å². The van der Waals surface area contributed by atoms with Crippen LogP contribution in [0, 0.1) is 0 Å². The van der Waals surface area contributed by atoms with Gasteiger partial charge in [-0.1, -0.05) is 0 Å². The van der Waals surface area contributed by atoms with Crippen LogP contribution in [0.2, 0.25) is 0 Å². The molecule has 0 aliphatic heterocycles. The molecule has 2 N–H and O–H groups in total. The lowest BCUT2D eigenvalue weighted by Gasteiger charge is -2.15. The summed E-state index contributed by atoms with van der Waals surface area (Å²) >= 11 is 0. The third-order valence-electron chi connectivity index (χ3n) is 2.94. The first-order chi connectivity index (χ1) is 11.3. The number of benzene rings is 1. The van der Waals surface area contributed by atoms with Gasteiger partial charge in [0, 0.05) is 0 Å². The third kappa shape index (κ3) is 3.72. The second-order valence-electron chi connectivity index (χ2n) is 4.71. The maximum absolute atomic E-state index is 12.8. The van der Waals surface area contributed by atoms with E-state index in [-0.39, 0.29) is 22.9 Å². The van der Waals surface area contributed by atoms with Gasteiger partial charge in [-0.25, -0.2) is 9.48 Å². The van der Waals surface area contributed by atoms with Gasteiger partial charge in [0.2, 0.25) is 5.69 Å². The zero-order valence-corrected chi connectivity index (χ0v) is 11.7. The molecule has 2 aromatic rings. The molecule has 1 heterocycles. The number of aromatic hydroxyl groups is 1. The lowest BCUT2D eigenvalue weighted by Crippen LogP contribution is -2.21. The van der Waals surface area contributed by atoms with Crippen molar-refractivity contribution in [1.29, 1.82) is 0 Å². The molecule has 0 unspecified atom stereocenters. The molecular formula is C13H6F6N2O4. The highest BCUT2D eigenvalue weighted by Gasteiger charge is 2.37. The van der Waals surface area contributed by atoms with Gasteiger partial charge in [-0.2, -0.15) is 31.4 Å². The van der Waals surface area contributed by atoms with Crippen molar-refractivity contribution in [1.82, 2.24) is 9.78 Å². The predicted octanol–water partition coefficient (Wildman–Crippen LogP) is 2.67. The number of carboxylic acids is 1. The molecule has 134 valence electrons. The number of hydrogen-bond donors (Lipinski definition) is 2. The average Bonchev–Trinajstić information content (AvgIpc) is 2.47. The minimum absolute atomic E-state index is 0.135. The maximum Gasteiger partial charge on any atom is 0.416 e. The van der Waals surface area contributed by atoms with Gasteiger partial charge in [-0.3, -0.25) is 4.79 Å². The molecule has 6 nitrogen and oxygen atoms in total. The highest BCUT2D eigenvalue weighted by molar-refractivity contribution is 5.85. The van der Waals surface area contributed by atoms with Crippen LogP contribution in [0.15, 0.2) is 29.2 Å². The quantitative estimate of drug-likeness (QED) is 0.796. The molecule has 0 fully saturated rings. The van der Waals surface area contributed by atoms with Crippen LogP contribution in [-0.2, 0) is 12.4 Å². The van der Waals surface area contributed by atoms with E-state index in [2.05, 4.69) is 5.10 Å². The fraction of sp³-hybridized carbons (Fsp3) is 0.154. The molecule has 0 aliphatic carbocycles. The number of aromatic carboxylic acids is 1. The third-order valence-corrected chi connectivity index (χ3v) is 2.94. The van der Waals surface area contributed by atoms with Crippen LogP contribution in [0.4, 0.5) is 26.3 Å². The van der Waals surface area contributed by atoms with Gasteiger partial charge in [-0.05, 0) is 18.2 Å². The van der Waals surface area contributed by atoms with Gasteiger partial charge in [-0.15, -0.1) is 0 Å². The van der Waals surface area contributed by atoms with Crippen molar-refractivity contribution in [3.8, 4) is 11.4 Å². The Bertz CT molecular complexity index is 869. The highest BCUT2D eigenvalue weighted by Crippen LogP contribution is 2.37. The largest absolute Gasteiger partial charge is 0.503 e. The molecule has 0 aliphatic rings. The van der Waals surface area contributed by atoms with Crippen LogP contribution >= 0.6 is 0 Å². The Morgan fingerprint density at radius 3 is 1.88 bits per heavy atom. The molecule has 2 rings (SSSR count). The zero-order chi connectivity index (χ0) is 19.2. The summed E-state index contributed by atoms with van der Waals surface area (Å²) in [6, 6.07) is 0.388. The monoisotopic (exact) mass is 368 g/mol. The minimum atomic E-state index is -5.13. The Morgan fingerprint density at radius 2 is 1.48 bits per heavy atom. The van der Waals surface area contributed by atoms with Gasteiger partial charge in [0.15, 0.2) is 5.75 Å². The van der Waals surface area contributed by atoms with Crippen molar-refractivity contribution in [3.05, 3.63) is 51.4 Å². The van der Waals surface area contributed by atoms with Crippen LogP contribution in [0.5, 0.6) is 5.75 Å². The summed E-state index contributed by atoms with van der Waals surface area (Å²) in [4.78, 5) is 22.2. The minimum Gasteiger partial charge on any atom is -0.503 e. The SMILES string of the molecule is O=C(O)c1nn(-c2cc(C(F)(F)F)cc(C(F)(F)F)c2)cc(O)c1=O. The number of hydrogen-bond acceptors (Lipinski definition) is 4. The fourth-order valence-corrected chi connectivity index (χ4v) is 1.82. The molecule has 12 heteroatoms. The normalized spacial score (nSPS) is 12.2. The van der Waals surface area contributed by atoms with Gasteiger partial charge < -0.3 is 10.2 Å². The average molecular weight is 368 g/mol. The second kappa shape index (κ2) is 5.79. The fourth-order valence-electron chi connectivity index (χ4n) is 1.82. The Hall–Kier alpha value is -3.05. The molecule has 0 saturated carbocycles. The van der Waals surface area contributed by atoms with Crippen molar-refractivity contribution in [3.63, 3.8) is 0 Å². The van der Waals surface area contributed by atoms with E-state index in [1.807, 2.05) is 0 Å². The van der Waals surface area contributed by atoms with E-state index in [1.54, 1.807) is 0 Å². The van der Waals surface area contributed by atoms with E-state index in [4.69, 9.17) is 5.11 Å². The molecule has 0 atom stereocenters. The summed E-state index contributed by atoms with van der Waals surface area (Å²) in [7, 11) is 0. The molecule has 1 aromatic heterocycles. The Morgan fingerprint density at radius 1 is 1.00 bits per heavy atom. The smallest absolute Gasteiger partial charge is 0.416 e. The summed E-state index contributed by atoms with van der Waals surface area (Å²) in [6.07, 6.45) is -9.86. The van der Waals surface area contributed by atoms with E-state index >= 15 is 0 Å². The molecule has 0 bridgehead atoms. The number of carbonyl (C=O) groups is 1. The number of aromatic nitrogens is 2. The van der Waals surface area contributed by atoms with E-state index < -0.39 is 52.0 Å². The van der Waals surface area contributed by atoms with Crippen LogP contribution < -0.4 is 5.43 Å². The Kier molecular flexibility index (Phi) is 4.24. The van der Waals surface area contributed by atoms with Crippen LogP contribution in [0.25, 0.3) is 5.69 Å². The summed E-state index contributed by atoms with van der Waals surface area (Å²) in [6.45, 7) is 0. The number of carboxylic acid groups (broad SMARTS) is 1. The summed E-state index contributed by atoms with van der Waals surface area (Å²) in [5.74, 6) is -3.13. The van der Waals surface area contributed by atoms with Crippen LogP contribution in [-0.4, -0.2) is 26.0 Å². The Balaban J connectivity index is 2.79. The number of halogens is 6. The second-order valence-corrected chi connectivity index (χ2v) is 4.71. The first-order valence-corrected chi connectivity index (χ1v) is 6.17. The number of rotatable bonds is 2. The first-order valence-electron chi connectivity index (χ1n) is 6.17. The van der Waals surface area contributed by atoms with Crippen molar-refractivity contribution >= 4 is 5.97 Å². The molecule has 0 saturated heterocycles. The van der Waals surface area contributed by atoms with Gasteiger partial charge in [0.05, 0.1) is 23.0 Å². The molecule has 25 heavy (non-hydrogen) atoms. The van der Waals surface area contributed by atoms with Crippen molar-refractivity contribution in [2.75, 3.05) is 0 Å². The maximum atomic E-state index is 12.8. The summed E-state index contributed by atoms with van der Waals surface area (Å²) in [5.41, 5.74) is -6.90. The topological polar surface area (TPSA) is 92.4 Å².